The largest absolute Gasteiger partial charge is 0.481 e. The summed E-state index contributed by atoms with van der Waals surface area (Å²) in [7, 11) is 0. The Morgan fingerprint density at radius 2 is 1.71 bits per heavy atom. The molecule has 4 aromatic rings. The molecule has 3 aromatic carbocycles. The van der Waals surface area contributed by atoms with E-state index in [-0.39, 0.29) is 17.0 Å². The van der Waals surface area contributed by atoms with E-state index in [9.17, 15) is 13.6 Å². The molecule has 0 aliphatic heterocycles. The minimum absolute atomic E-state index is 0.0579. The molecule has 0 radical (unpaired) electrons. The summed E-state index contributed by atoms with van der Waals surface area (Å²) in [6.45, 7) is 1.81. The van der Waals surface area contributed by atoms with E-state index in [4.69, 9.17) is 21.1 Å². The topological polar surface area (TPSA) is 53.7 Å². The van der Waals surface area contributed by atoms with Gasteiger partial charge in [0.1, 0.15) is 11.3 Å². The fourth-order valence-electron chi connectivity index (χ4n) is 4.14. The number of hydrogen-bond donors (Lipinski definition) is 1. The van der Waals surface area contributed by atoms with Gasteiger partial charge in [-0.1, -0.05) is 72.3 Å². The van der Waals surface area contributed by atoms with E-state index in [0.717, 1.165) is 24.1 Å². The third-order valence-electron chi connectivity index (χ3n) is 5.96. The van der Waals surface area contributed by atoms with Crippen LogP contribution in [0.5, 0.6) is 0 Å². The first-order valence-corrected chi connectivity index (χ1v) is 11.8. The third kappa shape index (κ3) is 6.68. The van der Waals surface area contributed by atoms with Crippen LogP contribution in [0.4, 0.5) is 8.78 Å². The number of fused-ring (bicyclic) bond motifs is 1. The fraction of sp³-hybridized carbons (Fsp3) is 0.250. The Morgan fingerprint density at radius 3 is 2.46 bits per heavy atom. The van der Waals surface area contributed by atoms with Gasteiger partial charge in [-0.2, -0.15) is 0 Å². The van der Waals surface area contributed by atoms with Gasteiger partial charge in [0.2, 0.25) is 0 Å². The summed E-state index contributed by atoms with van der Waals surface area (Å²) in [5.74, 6) is -0.107. The highest BCUT2D eigenvalue weighted by Gasteiger charge is 2.17. The van der Waals surface area contributed by atoms with Crippen LogP contribution in [0.25, 0.3) is 11.0 Å². The lowest BCUT2D eigenvalue weighted by molar-refractivity contribution is -0.136. The standard InChI is InChI=1S/C28H26ClF2NO3/c29-27-22(7-4-8-24(27)28(30)31)18-32(13-11-19-5-2-1-3-6-19)14-12-23-17-21-10-9-20(16-26(33)34)15-25(21)35-23/h1-10,15,17,28H,11-14,16,18H2,(H,33,34). The number of aliphatic carboxylic acids is 1. The molecular weight excluding hydrogens is 472 g/mol. The number of carboxylic acids is 1. The van der Waals surface area contributed by atoms with Gasteiger partial charge in [-0.25, -0.2) is 8.78 Å². The van der Waals surface area contributed by atoms with Gasteiger partial charge in [0.15, 0.2) is 0 Å². The molecule has 182 valence electrons. The molecule has 1 aromatic heterocycles. The molecule has 1 N–H and O–H groups in total. The maximum Gasteiger partial charge on any atom is 0.307 e. The lowest BCUT2D eigenvalue weighted by atomic mass is 10.1. The Morgan fingerprint density at radius 1 is 0.943 bits per heavy atom. The summed E-state index contributed by atoms with van der Waals surface area (Å²) in [6, 6.07) is 22.2. The normalized spacial score (nSPS) is 11.6. The van der Waals surface area contributed by atoms with Crippen molar-refractivity contribution in [3.63, 3.8) is 0 Å². The zero-order chi connectivity index (χ0) is 24.8. The molecule has 0 amide bonds. The molecule has 4 nitrogen and oxygen atoms in total. The fourth-order valence-corrected chi connectivity index (χ4v) is 4.41. The molecule has 7 heteroatoms. The van der Waals surface area contributed by atoms with Crippen molar-refractivity contribution < 1.29 is 23.1 Å². The Kier molecular flexibility index (Phi) is 8.16. The molecular formula is C28H26ClF2NO3. The first-order chi connectivity index (χ1) is 16.9. The van der Waals surface area contributed by atoms with Gasteiger partial charge in [-0.3, -0.25) is 9.69 Å². The molecule has 0 unspecified atom stereocenters. The summed E-state index contributed by atoms with van der Waals surface area (Å²) in [6.07, 6.45) is -1.26. The molecule has 35 heavy (non-hydrogen) atoms. The Bertz CT molecular complexity index is 1290. The quantitative estimate of drug-likeness (QED) is 0.244. The maximum atomic E-state index is 13.3. The van der Waals surface area contributed by atoms with E-state index in [1.54, 1.807) is 24.3 Å². The second kappa shape index (κ2) is 11.5. The van der Waals surface area contributed by atoms with Gasteiger partial charge in [0, 0.05) is 37.0 Å². The highest BCUT2D eigenvalue weighted by Crippen LogP contribution is 2.30. The summed E-state index contributed by atoms with van der Waals surface area (Å²) >= 11 is 6.32. The van der Waals surface area contributed by atoms with Crippen LogP contribution in [0.1, 0.15) is 34.4 Å². The number of carboxylic acid groups (broad SMARTS) is 1. The smallest absolute Gasteiger partial charge is 0.307 e. The van der Waals surface area contributed by atoms with Crippen molar-refractivity contribution in [1.82, 2.24) is 4.90 Å². The van der Waals surface area contributed by atoms with E-state index in [1.165, 1.54) is 11.6 Å². The zero-order valence-electron chi connectivity index (χ0n) is 19.1. The van der Waals surface area contributed by atoms with Crippen molar-refractivity contribution in [2.24, 2.45) is 0 Å². The molecule has 0 saturated heterocycles. The average Bonchev–Trinajstić information content (AvgIpc) is 3.24. The zero-order valence-corrected chi connectivity index (χ0v) is 19.8. The highest BCUT2D eigenvalue weighted by atomic mass is 35.5. The van der Waals surface area contributed by atoms with Crippen LogP contribution in [0, 0.1) is 0 Å². The van der Waals surface area contributed by atoms with E-state index in [2.05, 4.69) is 17.0 Å². The molecule has 4 rings (SSSR count). The van der Waals surface area contributed by atoms with Crippen LogP contribution < -0.4 is 0 Å². The minimum Gasteiger partial charge on any atom is -0.481 e. The first-order valence-electron chi connectivity index (χ1n) is 11.4. The second-order valence-electron chi connectivity index (χ2n) is 8.54. The van der Waals surface area contributed by atoms with Crippen LogP contribution in [0.15, 0.2) is 77.2 Å². The summed E-state index contributed by atoms with van der Waals surface area (Å²) in [4.78, 5) is 13.2. The predicted molar refractivity (Wildman–Crippen MR) is 133 cm³/mol. The van der Waals surface area contributed by atoms with Gasteiger partial charge in [-0.05, 0) is 35.2 Å². The molecule has 0 saturated carbocycles. The monoisotopic (exact) mass is 497 g/mol. The van der Waals surface area contributed by atoms with E-state index in [1.807, 2.05) is 30.3 Å². The number of carbonyl (C=O) groups is 1. The van der Waals surface area contributed by atoms with E-state index in [0.29, 0.717) is 36.2 Å². The van der Waals surface area contributed by atoms with Crippen molar-refractivity contribution in [3.8, 4) is 0 Å². The number of halogens is 3. The molecule has 0 bridgehead atoms. The van der Waals surface area contributed by atoms with E-state index < -0.39 is 12.4 Å². The van der Waals surface area contributed by atoms with Crippen LogP contribution in [0.2, 0.25) is 5.02 Å². The SMILES string of the molecule is O=C(O)Cc1ccc2cc(CCN(CCc3ccccc3)Cc3cccc(C(F)F)c3Cl)oc2c1. The van der Waals surface area contributed by atoms with Crippen molar-refractivity contribution in [1.29, 1.82) is 0 Å². The summed E-state index contributed by atoms with van der Waals surface area (Å²) in [5.41, 5.74) is 3.05. The Balaban J connectivity index is 1.50. The van der Waals surface area contributed by atoms with Gasteiger partial charge in [0.05, 0.1) is 11.4 Å². The first kappa shape index (κ1) is 24.9. The highest BCUT2D eigenvalue weighted by molar-refractivity contribution is 6.32. The number of alkyl halides is 2. The molecule has 0 aliphatic rings. The summed E-state index contributed by atoms with van der Waals surface area (Å²) < 4.78 is 32.7. The van der Waals surface area contributed by atoms with Gasteiger partial charge in [-0.15, -0.1) is 0 Å². The van der Waals surface area contributed by atoms with Crippen LogP contribution in [-0.2, 0) is 30.6 Å². The van der Waals surface area contributed by atoms with Crippen molar-refractivity contribution in [2.75, 3.05) is 13.1 Å². The van der Waals surface area contributed by atoms with Gasteiger partial charge in [0.25, 0.3) is 6.43 Å². The molecule has 0 spiro atoms. The number of hydrogen-bond acceptors (Lipinski definition) is 3. The number of furan rings is 1. The van der Waals surface area contributed by atoms with Crippen LogP contribution in [-0.4, -0.2) is 29.1 Å². The van der Waals surface area contributed by atoms with Crippen molar-refractivity contribution >= 4 is 28.5 Å². The maximum absolute atomic E-state index is 13.3. The Labute approximate surface area is 207 Å². The van der Waals surface area contributed by atoms with Crippen LogP contribution in [0.3, 0.4) is 0 Å². The van der Waals surface area contributed by atoms with Crippen LogP contribution >= 0.6 is 11.6 Å². The average molecular weight is 498 g/mol. The van der Waals surface area contributed by atoms with Gasteiger partial charge < -0.3 is 9.52 Å². The Hall–Kier alpha value is -3.22. The third-order valence-corrected chi connectivity index (χ3v) is 6.42. The molecule has 1 heterocycles. The second-order valence-corrected chi connectivity index (χ2v) is 8.92. The van der Waals surface area contributed by atoms with Gasteiger partial charge >= 0.3 is 5.97 Å². The predicted octanol–water partition coefficient (Wildman–Crippen LogP) is 6.94. The summed E-state index contributed by atoms with van der Waals surface area (Å²) in [5, 5.41) is 10.1. The molecule has 0 fully saturated rings. The minimum atomic E-state index is -2.62. The number of rotatable bonds is 11. The lowest BCUT2D eigenvalue weighted by Gasteiger charge is -2.23. The van der Waals surface area contributed by atoms with Crippen molar-refractivity contribution in [2.45, 2.75) is 32.2 Å². The number of benzene rings is 3. The van der Waals surface area contributed by atoms with Crippen molar-refractivity contribution in [3.05, 3.63) is 106 Å². The lowest BCUT2D eigenvalue weighted by Crippen LogP contribution is -2.28. The van der Waals surface area contributed by atoms with E-state index >= 15 is 0 Å². The molecule has 0 aliphatic carbocycles. The number of nitrogens with zero attached hydrogens (tertiary/aromatic N) is 1. The molecule has 0 atom stereocenters.